The molecule has 1 atom stereocenters. The average Bonchev–Trinajstić information content (AvgIpc) is 2.44. The second kappa shape index (κ2) is 7.62. The molecular formula is C18H26O3Si. The largest absolute Gasteiger partial charge is 0.443 e. The third-order valence-electron chi connectivity index (χ3n) is 3.97. The lowest BCUT2D eigenvalue weighted by atomic mass is 10.2. The summed E-state index contributed by atoms with van der Waals surface area (Å²) in [5.74, 6) is 5.35. The van der Waals surface area contributed by atoms with Crippen LogP contribution < -0.4 is 0 Å². The van der Waals surface area contributed by atoms with E-state index in [2.05, 4.69) is 45.7 Å². The number of esters is 1. The van der Waals surface area contributed by atoms with E-state index in [-0.39, 0.29) is 11.0 Å². The minimum Gasteiger partial charge on any atom is -0.443 e. The molecule has 0 unspecified atom stereocenters. The van der Waals surface area contributed by atoms with E-state index in [9.17, 15) is 4.79 Å². The first-order valence-corrected chi connectivity index (χ1v) is 10.4. The van der Waals surface area contributed by atoms with Gasteiger partial charge in [-0.25, -0.2) is 4.79 Å². The number of carbonyl (C=O) groups is 1. The molecule has 0 aliphatic carbocycles. The molecule has 0 heterocycles. The molecule has 22 heavy (non-hydrogen) atoms. The zero-order chi connectivity index (χ0) is 16.8. The van der Waals surface area contributed by atoms with Crippen molar-refractivity contribution in [3.05, 3.63) is 35.9 Å². The highest BCUT2D eigenvalue weighted by Gasteiger charge is 2.37. The molecule has 0 spiro atoms. The van der Waals surface area contributed by atoms with E-state index in [4.69, 9.17) is 9.16 Å². The maximum atomic E-state index is 12.1. The van der Waals surface area contributed by atoms with Crippen molar-refractivity contribution in [2.75, 3.05) is 6.61 Å². The molecule has 1 aromatic carbocycles. The second-order valence-electron chi connectivity index (χ2n) is 6.73. The monoisotopic (exact) mass is 318 g/mol. The molecule has 0 N–H and O–H groups in total. The fourth-order valence-corrected chi connectivity index (χ4v) is 2.54. The first kappa shape index (κ1) is 18.5. The zero-order valence-corrected chi connectivity index (χ0v) is 15.4. The molecule has 0 saturated carbocycles. The molecule has 120 valence electrons. The van der Waals surface area contributed by atoms with E-state index in [0.29, 0.717) is 12.2 Å². The van der Waals surface area contributed by atoms with Crippen molar-refractivity contribution in [3.63, 3.8) is 0 Å². The molecule has 0 bridgehead atoms. The number of rotatable bonds is 5. The van der Waals surface area contributed by atoms with Gasteiger partial charge >= 0.3 is 5.97 Å². The summed E-state index contributed by atoms with van der Waals surface area (Å²) in [4.78, 5) is 12.1. The summed E-state index contributed by atoms with van der Waals surface area (Å²) >= 11 is 0. The van der Waals surface area contributed by atoms with Gasteiger partial charge in [0.05, 0.1) is 12.2 Å². The Hall–Kier alpha value is -1.57. The highest BCUT2D eigenvalue weighted by atomic mass is 28.4. The average molecular weight is 318 g/mol. The Morgan fingerprint density at radius 2 is 1.82 bits per heavy atom. The molecule has 1 rings (SSSR count). The van der Waals surface area contributed by atoms with Gasteiger partial charge < -0.3 is 9.16 Å². The summed E-state index contributed by atoms with van der Waals surface area (Å²) in [6.07, 6.45) is -0.535. The van der Waals surface area contributed by atoms with Crippen molar-refractivity contribution in [1.82, 2.24) is 0 Å². The standard InChI is InChI=1S/C18H26O3Si/c1-7-11-16(14-20-22(5,6)18(2,3)4)21-17(19)15-12-9-8-10-13-15/h8-10,12-13,16H,14H2,1-6H3/t16-/m0/s1. The van der Waals surface area contributed by atoms with Crippen LogP contribution in [-0.4, -0.2) is 27.0 Å². The van der Waals surface area contributed by atoms with E-state index in [1.54, 1.807) is 19.1 Å². The lowest BCUT2D eigenvalue weighted by Gasteiger charge is -2.36. The molecular weight excluding hydrogens is 292 g/mol. The van der Waals surface area contributed by atoms with E-state index in [1.165, 1.54) is 0 Å². The van der Waals surface area contributed by atoms with Crippen molar-refractivity contribution in [2.45, 2.75) is 51.9 Å². The normalized spacial score (nSPS) is 13.0. The highest BCUT2D eigenvalue weighted by molar-refractivity contribution is 6.74. The van der Waals surface area contributed by atoms with Crippen LogP contribution in [0.15, 0.2) is 30.3 Å². The molecule has 0 radical (unpaired) electrons. The van der Waals surface area contributed by atoms with Crippen LogP contribution in [-0.2, 0) is 9.16 Å². The van der Waals surface area contributed by atoms with Crippen LogP contribution in [0.3, 0.4) is 0 Å². The molecule has 0 saturated heterocycles. The Kier molecular flexibility index (Phi) is 6.40. The molecule has 0 fully saturated rings. The Labute approximate surface area is 135 Å². The molecule has 0 aromatic heterocycles. The summed E-state index contributed by atoms with van der Waals surface area (Å²) in [5, 5.41) is 0.112. The molecule has 1 aromatic rings. The Balaban J connectivity index is 2.71. The van der Waals surface area contributed by atoms with E-state index in [1.807, 2.05) is 18.2 Å². The molecule has 0 aliphatic heterocycles. The van der Waals surface area contributed by atoms with Gasteiger partial charge in [0.2, 0.25) is 0 Å². The maximum absolute atomic E-state index is 12.1. The topological polar surface area (TPSA) is 35.5 Å². The highest BCUT2D eigenvalue weighted by Crippen LogP contribution is 2.36. The number of hydrogen-bond acceptors (Lipinski definition) is 3. The van der Waals surface area contributed by atoms with Gasteiger partial charge in [-0.2, -0.15) is 0 Å². The van der Waals surface area contributed by atoms with E-state index < -0.39 is 14.4 Å². The molecule has 3 nitrogen and oxygen atoms in total. The molecule has 0 aliphatic rings. The number of hydrogen-bond donors (Lipinski definition) is 0. The van der Waals surface area contributed by atoms with Gasteiger partial charge in [-0.3, -0.25) is 0 Å². The molecule has 4 heteroatoms. The van der Waals surface area contributed by atoms with Gasteiger partial charge in [-0.1, -0.05) is 44.9 Å². The van der Waals surface area contributed by atoms with Gasteiger partial charge in [0, 0.05) is 0 Å². The number of carbonyl (C=O) groups excluding carboxylic acids is 1. The fourth-order valence-electron chi connectivity index (χ4n) is 1.54. The maximum Gasteiger partial charge on any atom is 0.339 e. The van der Waals surface area contributed by atoms with Crippen LogP contribution in [0.1, 0.15) is 38.1 Å². The van der Waals surface area contributed by atoms with E-state index in [0.717, 1.165) is 0 Å². The van der Waals surface area contributed by atoms with Gasteiger partial charge in [-0.15, -0.1) is 5.92 Å². The predicted molar refractivity (Wildman–Crippen MR) is 92.2 cm³/mol. The SMILES string of the molecule is CC#C[C@@H](CO[Si](C)(C)C(C)(C)C)OC(=O)c1ccccc1. The number of benzene rings is 1. The third-order valence-corrected chi connectivity index (χ3v) is 8.47. The third kappa shape index (κ3) is 5.32. The van der Waals surface area contributed by atoms with Gasteiger partial charge in [0.15, 0.2) is 14.4 Å². The summed E-state index contributed by atoms with van der Waals surface area (Å²) < 4.78 is 11.6. The van der Waals surface area contributed by atoms with Crippen LogP contribution in [0.5, 0.6) is 0 Å². The van der Waals surface area contributed by atoms with Crippen molar-refractivity contribution in [3.8, 4) is 11.8 Å². The number of ether oxygens (including phenoxy) is 1. The van der Waals surface area contributed by atoms with Crippen LogP contribution in [0.2, 0.25) is 18.1 Å². The summed E-state index contributed by atoms with van der Waals surface area (Å²) in [5.41, 5.74) is 0.526. The van der Waals surface area contributed by atoms with Crippen molar-refractivity contribution in [1.29, 1.82) is 0 Å². The molecule has 0 amide bonds. The summed E-state index contributed by atoms with van der Waals surface area (Å²) in [7, 11) is -1.89. The fraction of sp³-hybridized carbons (Fsp3) is 0.500. The van der Waals surface area contributed by atoms with Gasteiger partial charge in [-0.05, 0) is 37.2 Å². The Morgan fingerprint density at radius 1 is 1.23 bits per heavy atom. The second-order valence-corrected chi connectivity index (χ2v) is 11.5. The summed E-state index contributed by atoms with van der Waals surface area (Å²) in [6, 6.07) is 8.94. The minimum absolute atomic E-state index is 0.112. The predicted octanol–water partition coefficient (Wildman–Crippen LogP) is 4.26. The van der Waals surface area contributed by atoms with Crippen molar-refractivity contribution >= 4 is 14.3 Å². The minimum atomic E-state index is -1.89. The van der Waals surface area contributed by atoms with Crippen molar-refractivity contribution in [2.24, 2.45) is 0 Å². The van der Waals surface area contributed by atoms with Crippen LogP contribution in [0.25, 0.3) is 0 Å². The lowest BCUT2D eigenvalue weighted by Crippen LogP contribution is -2.43. The lowest BCUT2D eigenvalue weighted by molar-refractivity contribution is 0.0306. The van der Waals surface area contributed by atoms with Gasteiger partial charge in [0.1, 0.15) is 0 Å². The summed E-state index contributed by atoms with van der Waals surface area (Å²) in [6.45, 7) is 12.9. The first-order valence-electron chi connectivity index (χ1n) is 7.49. The Bertz CT molecular complexity index is 547. The zero-order valence-electron chi connectivity index (χ0n) is 14.4. The first-order chi connectivity index (χ1) is 10.2. The van der Waals surface area contributed by atoms with Crippen LogP contribution >= 0.6 is 0 Å². The van der Waals surface area contributed by atoms with Crippen LogP contribution in [0.4, 0.5) is 0 Å². The van der Waals surface area contributed by atoms with Gasteiger partial charge in [0.25, 0.3) is 0 Å². The van der Waals surface area contributed by atoms with Crippen LogP contribution in [0, 0.1) is 11.8 Å². The quantitative estimate of drug-likeness (QED) is 0.462. The smallest absolute Gasteiger partial charge is 0.339 e. The Morgan fingerprint density at radius 3 is 2.32 bits per heavy atom. The van der Waals surface area contributed by atoms with Crippen molar-refractivity contribution < 1.29 is 14.0 Å². The van der Waals surface area contributed by atoms with E-state index >= 15 is 0 Å².